The normalized spacial score (nSPS) is 38.6. The minimum Gasteiger partial charge on any atom is -0.413 e. The van der Waals surface area contributed by atoms with E-state index in [1.165, 1.54) is 6.42 Å². The van der Waals surface area contributed by atoms with Crippen LogP contribution < -0.4 is 0 Å². The SMILES string of the molecule is CC(C)(C)[Si](C)(C)O[C@H]1CC[C@@]2(C)[C@@H](CCCC23OCCO3)[C@]1(C)CCCO. The van der Waals surface area contributed by atoms with Crippen LogP contribution in [0, 0.1) is 16.7 Å². The lowest BCUT2D eigenvalue weighted by molar-refractivity contribution is -0.301. The summed E-state index contributed by atoms with van der Waals surface area (Å²) in [7, 11) is -1.87. The maximum absolute atomic E-state index is 9.64. The molecule has 5 heteroatoms. The lowest BCUT2D eigenvalue weighted by atomic mass is 9.47. The molecule has 0 radical (unpaired) electrons. The molecule has 28 heavy (non-hydrogen) atoms. The minimum absolute atomic E-state index is 0.0270. The first-order chi connectivity index (χ1) is 12.9. The van der Waals surface area contributed by atoms with E-state index in [9.17, 15) is 5.11 Å². The van der Waals surface area contributed by atoms with Gasteiger partial charge < -0.3 is 19.0 Å². The average Bonchev–Trinajstić information content (AvgIpc) is 3.07. The molecule has 0 aromatic heterocycles. The van der Waals surface area contributed by atoms with Crippen molar-refractivity contribution in [1.29, 1.82) is 0 Å². The third-order valence-electron chi connectivity index (χ3n) is 8.97. The van der Waals surface area contributed by atoms with E-state index in [0.717, 1.165) is 51.7 Å². The molecule has 1 N–H and O–H groups in total. The Labute approximate surface area is 173 Å². The molecular weight excluding hydrogens is 368 g/mol. The van der Waals surface area contributed by atoms with Crippen LogP contribution >= 0.6 is 0 Å². The van der Waals surface area contributed by atoms with E-state index in [2.05, 4.69) is 47.7 Å². The molecule has 0 unspecified atom stereocenters. The molecule has 0 aromatic rings. The maximum atomic E-state index is 9.64. The minimum atomic E-state index is -1.87. The lowest BCUT2D eigenvalue weighted by Gasteiger charge is -2.64. The molecule has 4 nitrogen and oxygen atoms in total. The predicted octanol–water partition coefficient (Wildman–Crippen LogP) is 5.50. The largest absolute Gasteiger partial charge is 0.413 e. The van der Waals surface area contributed by atoms with E-state index in [-0.39, 0.29) is 28.6 Å². The summed E-state index contributed by atoms with van der Waals surface area (Å²) in [5.41, 5.74) is 0.0766. The van der Waals surface area contributed by atoms with Gasteiger partial charge in [0, 0.05) is 18.4 Å². The molecule has 3 fully saturated rings. The molecule has 0 bridgehead atoms. The van der Waals surface area contributed by atoms with E-state index in [1.807, 2.05) is 0 Å². The molecule has 3 aliphatic rings. The van der Waals surface area contributed by atoms with Gasteiger partial charge in [-0.3, -0.25) is 0 Å². The van der Waals surface area contributed by atoms with Crippen LogP contribution in [0.25, 0.3) is 0 Å². The molecule has 4 atom stereocenters. The molecule has 164 valence electrons. The van der Waals surface area contributed by atoms with Gasteiger partial charge >= 0.3 is 0 Å². The van der Waals surface area contributed by atoms with Crippen LogP contribution in [0.15, 0.2) is 0 Å². The summed E-state index contributed by atoms with van der Waals surface area (Å²) < 4.78 is 19.8. The molecule has 1 heterocycles. The summed E-state index contributed by atoms with van der Waals surface area (Å²) in [6.45, 7) is 18.3. The van der Waals surface area contributed by atoms with Crippen molar-refractivity contribution in [2.45, 2.75) is 110 Å². The van der Waals surface area contributed by atoms with E-state index in [4.69, 9.17) is 13.9 Å². The Morgan fingerprint density at radius 2 is 1.71 bits per heavy atom. The van der Waals surface area contributed by atoms with Crippen molar-refractivity contribution in [3.63, 3.8) is 0 Å². The molecule has 0 aromatic carbocycles. The second kappa shape index (κ2) is 7.63. The highest BCUT2D eigenvalue weighted by Gasteiger charge is 2.66. The third kappa shape index (κ3) is 3.53. The second-order valence-electron chi connectivity index (χ2n) is 11.6. The molecule has 1 spiro atoms. The zero-order chi connectivity index (χ0) is 20.8. The van der Waals surface area contributed by atoms with Gasteiger partial charge in [0.2, 0.25) is 0 Å². The van der Waals surface area contributed by atoms with Gasteiger partial charge in [-0.1, -0.05) is 34.6 Å². The van der Waals surface area contributed by atoms with Gasteiger partial charge in [0.1, 0.15) is 0 Å². The van der Waals surface area contributed by atoms with Crippen molar-refractivity contribution in [1.82, 2.24) is 0 Å². The van der Waals surface area contributed by atoms with E-state index in [0.29, 0.717) is 5.92 Å². The van der Waals surface area contributed by atoms with Crippen LogP contribution in [0.2, 0.25) is 18.1 Å². The fraction of sp³-hybridized carbons (Fsp3) is 1.00. The Morgan fingerprint density at radius 3 is 2.29 bits per heavy atom. The van der Waals surface area contributed by atoms with E-state index < -0.39 is 14.1 Å². The number of hydrogen-bond donors (Lipinski definition) is 1. The van der Waals surface area contributed by atoms with Crippen LogP contribution in [0.3, 0.4) is 0 Å². The van der Waals surface area contributed by atoms with Gasteiger partial charge in [-0.2, -0.15) is 0 Å². The topological polar surface area (TPSA) is 47.9 Å². The molecule has 2 saturated carbocycles. The second-order valence-corrected chi connectivity index (χ2v) is 16.3. The summed E-state index contributed by atoms with van der Waals surface area (Å²) >= 11 is 0. The van der Waals surface area contributed by atoms with Gasteiger partial charge in [-0.15, -0.1) is 0 Å². The molecule has 1 saturated heterocycles. The number of rotatable bonds is 5. The predicted molar refractivity (Wildman–Crippen MR) is 116 cm³/mol. The van der Waals surface area contributed by atoms with Crippen LogP contribution in [-0.4, -0.2) is 45.1 Å². The van der Waals surface area contributed by atoms with Crippen molar-refractivity contribution in [2.75, 3.05) is 19.8 Å². The van der Waals surface area contributed by atoms with Gasteiger partial charge in [0.05, 0.1) is 19.3 Å². The average molecular weight is 413 g/mol. The smallest absolute Gasteiger partial charge is 0.192 e. The first kappa shape index (κ1) is 22.7. The summed E-state index contributed by atoms with van der Waals surface area (Å²) in [4.78, 5) is 0. The highest BCUT2D eigenvalue weighted by atomic mass is 28.4. The van der Waals surface area contributed by atoms with Gasteiger partial charge in [0.25, 0.3) is 0 Å². The lowest BCUT2D eigenvalue weighted by Crippen LogP contribution is -2.64. The summed E-state index contributed by atoms with van der Waals surface area (Å²) in [6, 6.07) is 0. The van der Waals surface area contributed by atoms with Crippen LogP contribution in [0.5, 0.6) is 0 Å². The quantitative estimate of drug-likeness (QED) is 0.606. The molecule has 2 aliphatic carbocycles. The maximum Gasteiger partial charge on any atom is 0.192 e. The number of fused-ring (bicyclic) bond motifs is 2. The zero-order valence-electron chi connectivity index (χ0n) is 19.4. The Morgan fingerprint density at radius 1 is 1.07 bits per heavy atom. The fourth-order valence-corrected chi connectivity index (χ4v) is 7.72. The highest BCUT2D eigenvalue weighted by molar-refractivity contribution is 6.74. The first-order valence-corrected chi connectivity index (χ1v) is 14.4. The Kier molecular flexibility index (Phi) is 6.20. The third-order valence-corrected chi connectivity index (χ3v) is 13.5. The van der Waals surface area contributed by atoms with Crippen LogP contribution in [-0.2, 0) is 13.9 Å². The van der Waals surface area contributed by atoms with Crippen molar-refractivity contribution in [3.8, 4) is 0 Å². The fourth-order valence-electron chi connectivity index (χ4n) is 6.27. The standard InChI is InChI=1S/C23H44O4Si/c1-20(2,3)28(6,7)27-19-11-14-22(5)18(21(19,4)12-9-15-24)10-8-13-23(22)25-16-17-26-23/h18-19,24H,8-17H2,1-7H3/t18-,19-,21-,22-/m0/s1. The molecule has 3 rings (SSSR count). The number of aliphatic hydroxyl groups is 1. The van der Waals surface area contributed by atoms with Gasteiger partial charge in [-0.05, 0) is 68.0 Å². The Bertz CT molecular complexity index is 551. The Hall–Kier alpha value is 0.0569. The molecular formula is C23H44O4Si. The van der Waals surface area contributed by atoms with Crippen LogP contribution in [0.1, 0.15) is 79.6 Å². The monoisotopic (exact) mass is 412 g/mol. The van der Waals surface area contributed by atoms with E-state index >= 15 is 0 Å². The molecule has 0 amide bonds. The van der Waals surface area contributed by atoms with Gasteiger partial charge in [-0.25, -0.2) is 0 Å². The van der Waals surface area contributed by atoms with Gasteiger partial charge in [0.15, 0.2) is 14.1 Å². The van der Waals surface area contributed by atoms with Crippen LogP contribution in [0.4, 0.5) is 0 Å². The summed E-state index contributed by atoms with van der Waals surface area (Å²) in [5.74, 6) is 0.0973. The van der Waals surface area contributed by atoms with Crippen molar-refractivity contribution in [3.05, 3.63) is 0 Å². The Balaban J connectivity index is 1.95. The van der Waals surface area contributed by atoms with Crippen molar-refractivity contribution in [2.24, 2.45) is 16.7 Å². The highest BCUT2D eigenvalue weighted by Crippen LogP contribution is 2.65. The number of ether oxygens (including phenoxy) is 2. The van der Waals surface area contributed by atoms with Crippen molar-refractivity contribution < 1.29 is 19.0 Å². The van der Waals surface area contributed by atoms with Crippen molar-refractivity contribution >= 4 is 8.32 Å². The number of hydrogen-bond acceptors (Lipinski definition) is 4. The zero-order valence-corrected chi connectivity index (χ0v) is 20.4. The first-order valence-electron chi connectivity index (χ1n) is 11.5. The summed E-state index contributed by atoms with van der Waals surface area (Å²) in [6.07, 6.45) is 7.67. The number of aliphatic hydroxyl groups excluding tert-OH is 1. The summed E-state index contributed by atoms with van der Waals surface area (Å²) in [5, 5.41) is 9.85. The van der Waals surface area contributed by atoms with E-state index in [1.54, 1.807) is 0 Å². The molecule has 1 aliphatic heterocycles.